The number of carbonyl (C=O) groups is 1. The molecule has 0 fully saturated rings. The summed E-state index contributed by atoms with van der Waals surface area (Å²) < 4.78 is 1.34. The molecule has 1 amide bonds. The zero-order valence-electron chi connectivity index (χ0n) is 10.1. The number of thioether (sulfide) groups is 1. The molecule has 2 rings (SSSR count). The van der Waals surface area contributed by atoms with Gasteiger partial charge < -0.3 is 11.2 Å². The highest BCUT2D eigenvalue weighted by Crippen LogP contribution is 2.21. The fourth-order valence-electron chi connectivity index (χ4n) is 1.33. The molecule has 3 N–H and O–H groups in total. The van der Waals surface area contributed by atoms with Crippen LogP contribution in [0.3, 0.4) is 0 Å². The number of nitrogens with two attached hydrogens (primary N) is 1. The molecule has 0 unspecified atom stereocenters. The van der Waals surface area contributed by atoms with Crippen molar-refractivity contribution < 1.29 is 4.79 Å². The van der Waals surface area contributed by atoms with Crippen molar-refractivity contribution in [3.63, 3.8) is 0 Å². The molecule has 0 saturated carbocycles. The Hall–Kier alpha value is -1.73. The van der Waals surface area contributed by atoms with Gasteiger partial charge in [0, 0.05) is 0 Å². The summed E-state index contributed by atoms with van der Waals surface area (Å²) in [5.74, 6) is 6.27. The molecule has 100 valence electrons. The molecular formula is C11H12ClN5OS. The Morgan fingerprint density at radius 2 is 2.21 bits per heavy atom. The van der Waals surface area contributed by atoms with E-state index in [0.29, 0.717) is 21.7 Å². The van der Waals surface area contributed by atoms with Crippen LogP contribution in [-0.4, -0.2) is 26.5 Å². The molecule has 6 nitrogen and oxygen atoms in total. The van der Waals surface area contributed by atoms with Gasteiger partial charge >= 0.3 is 0 Å². The van der Waals surface area contributed by atoms with Crippen molar-refractivity contribution in [1.29, 1.82) is 0 Å². The van der Waals surface area contributed by atoms with Gasteiger partial charge in [-0.2, -0.15) is 0 Å². The van der Waals surface area contributed by atoms with Crippen LogP contribution in [0, 0.1) is 6.92 Å². The smallest absolute Gasteiger partial charge is 0.234 e. The summed E-state index contributed by atoms with van der Waals surface area (Å²) in [5, 5.41) is 11.4. The first-order valence-electron chi connectivity index (χ1n) is 5.42. The molecule has 0 aliphatic heterocycles. The van der Waals surface area contributed by atoms with Crippen molar-refractivity contribution >= 4 is 35.0 Å². The Morgan fingerprint density at radius 1 is 1.47 bits per heavy atom. The van der Waals surface area contributed by atoms with E-state index < -0.39 is 0 Å². The average Bonchev–Trinajstić information content (AvgIpc) is 2.70. The number of rotatable bonds is 4. The van der Waals surface area contributed by atoms with Gasteiger partial charge in [0.05, 0.1) is 16.5 Å². The molecular weight excluding hydrogens is 286 g/mol. The number of para-hydroxylation sites is 1. The van der Waals surface area contributed by atoms with Gasteiger partial charge in [0.2, 0.25) is 11.1 Å². The summed E-state index contributed by atoms with van der Waals surface area (Å²) in [4.78, 5) is 11.8. The van der Waals surface area contributed by atoms with E-state index in [-0.39, 0.29) is 11.7 Å². The first kappa shape index (κ1) is 13.7. The van der Waals surface area contributed by atoms with Gasteiger partial charge in [-0.25, -0.2) is 4.68 Å². The predicted octanol–water partition coefficient (Wildman–Crippen LogP) is 1.68. The van der Waals surface area contributed by atoms with E-state index in [9.17, 15) is 4.79 Å². The number of nitrogens with one attached hydrogen (secondary N) is 1. The number of halogens is 1. The zero-order chi connectivity index (χ0) is 13.8. The quantitative estimate of drug-likeness (QED) is 0.662. The van der Waals surface area contributed by atoms with Gasteiger partial charge in [-0.3, -0.25) is 4.79 Å². The molecule has 0 radical (unpaired) electrons. The number of anilines is 1. The Labute approximate surface area is 119 Å². The Morgan fingerprint density at radius 3 is 2.84 bits per heavy atom. The monoisotopic (exact) mass is 297 g/mol. The molecule has 0 atom stereocenters. The van der Waals surface area contributed by atoms with E-state index in [4.69, 9.17) is 17.4 Å². The van der Waals surface area contributed by atoms with Crippen LogP contribution < -0.4 is 11.2 Å². The molecule has 1 heterocycles. The Bertz CT molecular complexity index is 601. The highest BCUT2D eigenvalue weighted by Gasteiger charge is 2.10. The third-order valence-electron chi connectivity index (χ3n) is 2.32. The summed E-state index contributed by atoms with van der Waals surface area (Å²) in [6.45, 7) is 1.74. The summed E-state index contributed by atoms with van der Waals surface area (Å²) in [5.41, 5.74) is 0.583. The van der Waals surface area contributed by atoms with Crippen LogP contribution in [0.4, 0.5) is 5.69 Å². The summed E-state index contributed by atoms with van der Waals surface area (Å²) in [6.07, 6.45) is 0. The van der Waals surface area contributed by atoms with Gasteiger partial charge in [-0.1, -0.05) is 35.5 Å². The Kier molecular flexibility index (Phi) is 4.28. The second-order valence-corrected chi connectivity index (χ2v) is 5.07. The van der Waals surface area contributed by atoms with Crippen LogP contribution in [0.25, 0.3) is 0 Å². The first-order chi connectivity index (χ1) is 9.08. The number of aromatic nitrogens is 3. The third-order valence-corrected chi connectivity index (χ3v) is 3.59. The standard InChI is InChI=1S/C11H12ClN5OS/c1-7-15-16-11(17(7)13)19-6-10(18)14-9-5-3-2-4-8(9)12/h2-5H,6,13H2,1H3,(H,14,18). The fraction of sp³-hybridized carbons (Fsp3) is 0.182. The minimum atomic E-state index is -0.182. The number of carbonyl (C=O) groups excluding carboxylic acids is 1. The Balaban J connectivity index is 1.92. The number of aryl methyl sites for hydroxylation is 1. The number of hydrogen-bond donors (Lipinski definition) is 2. The molecule has 0 bridgehead atoms. The van der Waals surface area contributed by atoms with E-state index in [1.54, 1.807) is 31.2 Å². The molecule has 1 aromatic carbocycles. The second-order valence-electron chi connectivity index (χ2n) is 3.72. The molecule has 19 heavy (non-hydrogen) atoms. The number of nitrogen functional groups attached to an aromatic ring is 1. The molecule has 0 saturated heterocycles. The third kappa shape index (κ3) is 3.39. The summed E-state index contributed by atoms with van der Waals surface area (Å²) in [6, 6.07) is 7.05. The molecule has 8 heteroatoms. The molecule has 2 aromatic rings. The minimum absolute atomic E-state index is 0.181. The number of benzene rings is 1. The van der Waals surface area contributed by atoms with Crippen molar-refractivity contribution in [2.24, 2.45) is 0 Å². The molecule has 0 spiro atoms. The van der Waals surface area contributed by atoms with Gasteiger partial charge in [0.1, 0.15) is 5.82 Å². The fourth-order valence-corrected chi connectivity index (χ4v) is 2.21. The highest BCUT2D eigenvalue weighted by atomic mass is 35.5. The largest absolute Gasteiger partial charge is 0.336 e. The van der Waals surface area contributed by atoms with Crippen molar-refractivity contribution in [2.75, 3.05) is 16.9 Å². The zero-order valence-corrected chi connectivity index (χ0v) is 11.7. The number of hydrogen-bond acceptors (Lipinski definition) is 5. The number of nitrogens with zero attached hydrogens (tertiary/aromatic N) is 3. The van der Waals surface area contributed by atoms with Crippen LogP contribution in [0.1, 0.15) is 5.82 Å². The maximum absolute atomic E-state index is 11.8. The van der Waals surface area contributed by atoms with Crippen LogP contribution >= 0.6 is 23.4 Å². The van der Waals surface area contributed by atoms with Crippen molar-refractivity contribution in [3.05, 3.63) is 35.1 Å². The van der Waals surface area contributed by atoms with Gasteiger partial charge in [-0.05, 0) is 19.1 Å². The van der Waals surface area contributed by atoms with Crippen molar-refractivity contribution in [2.45, 2.75) is 12.1 Å². The van der Waals surface area contributed by atoms with Crippen molar-refractivity contribution in [1.82, 2.24) is 14.9 Å². The lowest BCUT2D eigenvalue weighted by Gasteiger charge is -2.06. The van der Waals surface area contributed by atoms with Crippen LogP contribution in [-0.2, 0) is 4.79 Å². The second kappa shape index (κ2) is 5.94. The normalized spacial score (nSPS) is 10.4. The maximum Gasteiger partial charge on any atom is 0.234 e. The first-order valence-corrected chi connectivity index (χ1v) is 6.78. The van der Waals surface area contributed by atoms with E-state index >= 15 is 0 Å². The van der Waals surface area contributed by atoms with Crippen LogP contribution in [0.15, 0.2) is 29.4 Å². The topological polar surface area (TPSA) is 85.8 Å². The minimum Gasteiger partial charge on any atom is -0.336 e. The highest BCUT2D eigenvalue weighted by molar-refractivity contribution is 7.99. The van der Waals surface area contributed by atoms with Gasteiger partial charge in [0.25, 0.3) is 0 Å². The van der Waals surface area contributed by atoms with Gasteiger partial charge in [0.15, 0.2) is 0 Å². The lowest BCUT2D eigenvalue weighted by molar-refractivity contribution is -0.113. The van der Waals surface area contributed by atoms with E-state index in [1.807, 2.05) is 0 Å². The summed E-state index contributed by atoms with van der Waals surface area (Å²) in [7, 11) is 0. The molecule has 1 aromatic heterocycles. The summed E-state index contributed by atoms with van der Waals surface area (Å²) >= 11 is 7.16. The SMILES string of the molecule is Cc1nnc(SCC(=O)Nc2ccccc2Cl)n1N. The molecule has 0 aliphatic rings. The van der Waals surface area contributed by atoms with E-state index in [2.05, 4.69) is 15.5 Å². The van der Waals surface area contributed by atoms with Crippen LogP contribution in [0.2, 0.25) is 5.02 Å². The van der Waals surface area contributed by atoms with E-state index in [1.165, 1.54) is 16.4 Å². The lowest BCUT2D eigenvalue weighted by Crippen LogP contribution is -2.16. The van der Waals surface area contributed by atoms with Crippen molar-refractivity contribution in [3.8, 4) is 0 Å². The lowest BCUT2D eigenvalue weighted by atomic mass is 10.3. The number of amides is 1. The van der Waals surface area contributed by atoms with Crippen LogP contribution in [0.5, 0.6) is 0 Å². The van der Waals surface area contributed by atoms with E-state index in [0.717, 1.165) is 0 Å². The maximum atomic E-state index is 11.8. The average molecular weight is 298 g/mol. The molecule has 0 aliphatic carbocycles. The predicted molar refractivity (Wildman–Crippen MR) is 75.7 cm³/mol. The van der Waals surface area contributed by atoms with Gasteiger partial charge in [-0.15, -0.1) is 10.2 Å².